The van der Waals surface area contributed by atoms with Gasteiger partial charge >= 0.3 is 5.97 Å². The fraction of sp³-hybridized carbons (Fsp3) is 0.909. The topological polar surface area (TPSA) is 46.5 Å². The molecule has 1 saturated carbocycles. The van der Waals surface area contributed by atoms with E-state index in [4.69, 9.17) is 51.1 Å². The normalized spacial score (nSPS) is 45.3. The van der Waals surface area contributed by atoms with Crippen LogP contribution in [0, 0.1) is 11.3 Å². The molecule has 2 fully saturated rings. The first-order valence-corrected chi connectivity index (χ1v) is 7.34. The van der Waals surface area contributed by atoms with Crippen molar-refractivity contribution in [2.75, 3.05) is 0 Å². The number of halogens is 4. The first-order valence-electron chi connectivity index (χ1n) is 5.77. The lowest BCUT2D eigenvalue weighted by molar-refractivity contribution is -0.191. The summed E-state index contributed by atoms with van der Waals surface area (Å²) in [5.41, 5.74) is -1.00. The number of hydrogen-bond acceptors (Lipinski definition) is 3. The molecule has 3 nitrogen and oxygen atoms in total. The first-order chi connectivity index (χ1) is 8.17. The fourth-order valence-electron chi connectivity index (χ4n) is 2.85. The third kappa shape index (κ3) is 2.33. The van der Waals surface area contributed by atoms with Gasteiger partial charge in [0.05, 0.1) is 16.9 Å². The Bertz CT molecular complexity index is 357. The van der Waals surface area contributed by atoms with E-state index >= 15 is 0 Å². The predicted molar refractivity (Wildman–Crippen MR) is 71.3 cm³/mol. The van der Waals surface area contributed by atoms with Crippen LogP contribution < -0.4 is 0 Å². The van der Waals surface area contributed by atoms with Crippen molar-refractivity contribution >= 4 is 52.4 Å². The summed E-state index contributed by atoms with van der Waals surface area (Å²) in [5, 5.41) is 9.72. The maximum Gasteiger partial charge on any atom is 0.315 e. The molecule has 0 bridgehead atoms. The van der Waals surface area contributed by atoms with E-state index in [1.165, 1.54) is 0 Å². The number of cyclic esters (lactones) is 1. The Morgan fingerprint density at radius 3 is 2.56 bits per heavy atom. The van der Waals surface area contributed by atoms with Crippen molar-refractivity contribution in [3.05, 3.63) is 0 Å². The van der Waals surface area contributed by atoms with Gasteiger partial charge in [-0.3, -0.25) is 4.79 Å². The van der Waals surface area contributed by atoms with Crippen LogP contribution in [-0.4, -0.2) is 32.5 Å². The quantitative estimate of drug-likeness (QED) is 0.546. The van der Waals surface area contributed by atoms with Crippen molar-refractivity contribution in [1.82, 2.24) is 0 Å². The Kier molecular flexibility index (Phi) is 4.04. The molecule has 1 saturated heterocycles. The molecule has 0 unspecified atom stereocenters. The Labute approximate surface area is 126 Å². The summed E-state index contributed by atoms with van der Waals surface area (Å²) in [6, 6.07) is 0. The van der Waals surface area contributed by atoms with E-state index in [0.717, 1.165) is 0 Å². The van der Waals surface area contributed by atoms with Crippen LogP contribution >= 0.6 is 46.4 Å². The number of carbonyl (C=O) groups is 1. The van der Waals surface area contributed by atoms with E-state index in [0.29, 0.717) is 19.3 Å². The predicted octanol–water partition coefficient (Wildman–Crippen LogP) is 3.06. The van der Waals surface area contributed by atoms with Crippen molar-refractivity contribution in [2.24, 2.45) is 11.3 Å². The van der Waals surface area contributed by atoms with Crippen LogP contribution in [-0.2, 0) is 9.53 Å². The average Bonchev–Trinajstić information content (AvgIpc) is 2.26. The van der Waals surface area contributed by atoms with Crippen LogP contribution in [0.5, 0.6) is 0 Å². The molecule has 7 heteroatoms. The standard InChI is InChI=1S/C11H14Cl4O3/c1-10-5(2-3-6(12)8(10)16)4-7(11(13,14)15)18-9(10)17/h5-8,16H,2-4H2,1H3/t5-,6-,7+,8+,10-/m0/s1. The number of aliphatic hydroxyl groups excluding tert-OH is 1. The highest BCUT2D eigenvalue weighted by molar-refractivity contribution is 6.68. The SMILES string of the molecule is C[C@]12C(=O)O[C@@H](C(Cl)(Cl)Cl)C[C@@H]1CC[C@H](Cl)[C@H]2O. The van der Waals surface area contributed by atoms with Gasteiger partial charge in [-0.15, -0.1) is 11.6 Å². The summed E-state index contributed by atoms with van der Waals surface area (Å²) in [6.45, 7) is 1.67. The number of esters is 1. The minimum Gasteiger partial charge on any atom is -0.457 e. The number of hydrogen-bond donors (Lipinski definition) is 1. The highest BCUT2D eigenvalue weighted by atomic mass is 35.6. The van der Waals surface area contributed by atoms with Gasteiger partial charge in [0.15, 0.2) is 0 Å². The second kappa shape index (κ2) is 4.85. The summed E-state index contributed by atoms with van der Waals surface area (Å²) < 4.78 is 3.55. The van der Waals surface area contributed by atoms with Gasteiger partial charge in [-0.2, -0.15) is 0 Å². The van der Waals surface area contributed by atoms with E-state index in [2.05, 4.69) is 0 Å². The van der Waals surface area contributed by atoms with E-state index in [1.807, 2.05) is 0 Å². The van der Waals surface area contributed by atoms with E-state index in [1.54, 1.807) is 6.92 Å². The van der Waals surface area contributed by atoms with Crippen LogP contribution in [0.2, 0.25) is 0 Å². The van der Waals surface area contributed by atoms with Crippen molar-refractivity contribution in [3.8, 4) is 0 Å². The highest BCUT2D eigenvalue weighted by Crippen LogP contribution is 2.52. The Morgan fingerprint density at radius 2 is 2.00 bits per heavy atom. The van der Waals surface area contributed by atoms with Crippen molar-refractivity contribution in [3.63, 3.8) is 0 Å². The first kappa shape index (κ1) is 15.0. The molecule has 0 spiro atoms. The molecular formula is C11H14Cl4O3. The van der Waals surface area contributed by atoms with Crippen LogP contribution in [0.3, 0.4) is 0 Å². The van der Waals surface area contributed by atoms with E-state index in [-0.39, 0.29) is 5.92 Å². The number of rotatable bonds is 0. The zero-order valence-corrected chi connectivity index (χ0v) is 12.7. The molecule has 1 N–H and O–H groups in total. The zero-order valence-electron chi connectivity index (χ0n) is 9.71. The lowest BCUT2D eigenvalue weighted by Gasteiger charge is -2.50. The zero-order chi connectivity index (χ0) is 13.7. The molecule has 0 radical (unpaired) electrons. The average molecular weight is 336 g/mol. The van der Waals surface area contributed by atoms with Gasteiger partial charge in [0.1, 0.15) is 6.10 Å². The van der Waals surface area contributed by atoms with Crippen LogP contribution in [0.15, 0.2) is 0 Å². The molecule has 0 amide bonds. The molecular weight excluding hydrogens is 322 g/mol. The van der Waals surface area contributed by atoms with E-state index in [9.17, 15) is 9.90 Å². The Hall–Kier alpha value is 0.590. The lowest BCUT2D eigenvalue weighted by Crippen LogP contribution is -2.59. The lowest BCUT2D eigenvalue weighted by atomic mass is 9.62. The monoisotopic (exact) mass is 334 g/mol. The summed E-state index contributed by atoms with van der Waals surface area (Å²) in [4.78, 5) is 12.1. The van der Waals surface area contributed by atoms with Crippen molar-refractivity contribution < 1.29 is 14.6 Å². The van der Waals surface area contributed by atoms with Crippen LogP contribution in [0.4, 0.5) is 0 Å². The minimum absolute atomic E-state index is 0.0793. The van der Waals surface area contributed by atoms with E-state index < -0.39 is 32.8 Å². The van der Waals surface area contributed by atoms with Crippen molar-refractivity contribution in [1.29, 1.82) is 0 Å². The third-order valence-electron chi connectivity index (χ3n) is 4.15. The van der Waals surface area contributed by atoms with Gasteiger partial charge in [-0.1, -0.05) is 34.8 Å². The summed E-state index contributed by atoms with van der Waals surface area (Å²) in [7, 11) is 0. The number of alkyl halides is 4. The molecule has 0 aromatic heterocycles. The summed E-state index contributed by atoms with van der Waals surface area (Å²) in [5.74, 6) is -0.614. The molecule has 2 aliphatic rings. The molecule has 0 aromatic rings. The van der Waals surface area contributed by atoms with Gasteiger partial charge in [0, 0.05) is 0 Å². The number of aliphatic hydroxyl groups is 1. The van der Waals surface area contributed by atoms with Crippen molar-refractivity contribution in [2.45, 2.75) is 47.6 Å². The smallest absolute Gasteiger partial charge is 0.315 e. The summed E-state index contributed by atoms with van der Waals surface area (Å²) in [6.07, 6.45) is 0.0879. The molecule has 0 aromatic carbocycles. The maximum atomic E-state index is 12.1. The van der Waals surface area contributed by atoms with Gasteiger partial charge < -0.3 is 9.84 Å². The van der Waals surface area contributed by atoms with Gasteiger partial charge in [-0.25, -0.2) is 0 Å². The molecule has 1 aliphatic heterocycles. The molecule has 5 atom stereocenters. The van der Waals surface area contributed by atoms with Gasteiger partial charge in [0.2, 0.25) is 3.79 Å². The largest absolute Gasteiger partial charge is 0.457 e. The second-order valence-electron chi connectivity index (χ2n) is 5.19. The van der Waals surface area contributed by atoms with Gasteiger partial charge in [0.25, 0.3) is 0 Å². The second-order valence-corrected chi connectivity index (χ2v) is 8.12. The van der Waals surface area contributed by atoms with Crippen LogP contribution in [0.1, 0.15) is 26.2 Å². The van der Waals surface area contributed by atoms with Crippen LogP contribution in [0.25, 0.3) is 0 Å². The fourth-order valence-corrected chi connectivity index (χ4v) is 3.64. The number of carbonyl (C=O) groups excluding carboxylic acids is 1. The molecule has 1 aliphatic carbocycles. The minimum atomic E-state index is -1.64. The highest BCUT2D eigenvalue weighted by Gasteiger charge is 2.59. The molecule has 104 valence electrons. The molecule has 1 heterocycles. The Balaban J connectivity index is 2.26. The van der Waals surface area contributed by atoms with Gasteiger partial charge in [-0.05, 0) is 32.1 Å². The third-order valence-corrected chi connectivity index (χ3v) is 5.34. The number of ether oxygens (including phenoxy) is 1. The summed E-state index contributed by atoms with van der Waals surface area (Å²) >= 11 is 23.4. The molecule has 18 heavy (non-hydrogen) atoms. The number of fused-ring (bicyclic) bond motifs is 1. The molecule has 2 rings (SSSR count). The Morgan fingerprint density at radius 1 is 1.39 bits per heavy atom. The maximum absolute atomic E-state index is 12.1.